The van der Waals surface area contributed by atoms with Crippen molar-refractivity contribution in [3.05, 3.63) is 34.9 Å². The van der Waals surface area contributed by atoms with Gasteiger partial charge in [-0.1, -0.05) is 12.1 Å². The van der Waals surface area contributed by atoms with E-state index in [1.165, 1.54) is 12.8 Å². The molecule has 0 saturated carbocycles. The second kappa shape index (κ2) is 5.58. The quantitative estimate of drug-likeness (QED) is 0.851. The number of aryl methyl sites for hydroxylation is 1. The van der Waals surface area contributed by atoms with Crippen LogP contribution in [0.2, 0.25) is 0 Å². The summed E-state index contributed by atoms with van der Waals surface area (Å²) in [5.41, 5.74) is 1.91. The molecule has 1 aromatic carbocycles. The minimum Gasteiger partial charge on any atom is -0.316 e. The van der Waals surface area contributed by atoms with E-state index in [9.17, 15) is 8.78 Å². The summed E-state index contributed by atoms with van der Waals surface area (Å²) < 4.78 is 25.5. The number of alkyl halides is 2. The van der Waals surface area contributed by atoms with Crippen LogP contribution in [0.3, 0.4) is 0 Å². The lowest BCUT2D eigenvalue weighted by Crippen LogP contribution is -2.30. The highest BCUT2D eigenvalue weighted by Gasteiger charge is 2.16. The topological polar surface area (TPSA) is 12.0 Å². The first kappa shape index (κ1) is 12.5. The SMILES string of the molecule is Cc1ccc(CC2CCCNC2)cc1C(F)F. The third-order valence-corrected chi connectivity index (χ3v) is 3.50. The number of rotatable bonds is 3. The van der Waals surface area contributed by atoms with Crippen LogP contribution in [0, 0.1) is 12.8 Å². The van der Waals surface area contributed by atoms with Gasteiger partial charge in [0.2, 0.25) is 0 Å². The monoisotopic (exact) mass is 239 g/mol. The van der Waals surface area contributed by atoms with Gasteiger partial charge in [-0.15, -0.1) is 0 Å². The molecule has 1 aromatic rings. The summed E-state index contributed by atoms with van der Waals surface area (Å²) >= 11 is 0. The highest BCUT2D eigenvalue weighted by atomic mass is 19.3. The van der Waals surface area contributed by atoms with Gasteiger partial charge in [0.1, 0.15) is 0 Å². The average Bonchev–Trinajstić information content (AvgIpc) is 2.32. The number of nitrogens with one attached hydrogen (secondary N) is 1. The Morgan fingerprint density at radius 3 is 2.88 bits per heavy atom. The van der Waals surface area contributed by atoms with Gasteiger partial charge < -0.3 is 5.32 Å². The summed E-state index contributed by atoms with van der Waals surface area (Å²) in [7, 11) is 0. The van der Waals surface area contributed by atoms with E-state index in [1.54, 1.807) is 13.0 Å². The number of benzene rings is 1. The fourth-order valence-electron chi connectivity index (χ4n) is 2.48. The van der Waals surface area contributed by atoms with E-state index < -0.39 is 6.43 Å². The van der Waals surface area contributed by atoms with E-state index in [1.807, 2.05) is 12.1 Å². The highest BCUT2D eigenvalue weighted by molar-refractivity contribution is 5.32. The minimum absolute atomic E-state index is 0.186. The summed E-state index contributed by atoms with van der Waals surface area (Å²) in [5.74, 6) is 0.594. The molecule has 0 radical (unpaired) electrons. The zero-order chi connectivity index (χ0) is 12.3. The van der Waals surface area contributed by atoms with Crippen molar-refractivity contribution in [1.82, 2.24) is 5.32 Å². The van der Waals surface area contributed by atoms with Gasteiger partial charge in [0.25, 0.3) is 6.43 Å². The molecule has 1 heterocycles. The Kier molecular flexibility index (Phi) is 4.11. The van der Waals surface area contributed by atoms with Crippen molar-refractivity contribution in [2.45, 2.75) is 32.6 Å². The van der Waals surface area contributed by atoms with Crippen molar-refractivity contribution in [3.8, 4) is 0 Å². The fourth-order valence-corrected chi connectivity index (χ4v) is 2.48. The van der Waals surface area contributed by atoms with Crippen LogP contribution in [0.5, 0.6) is 0 Å². The smallest absolute Gasteiger partial charge is 0.264 e. The van der Waals surface area contributed by atoms with Crippen molar-refractivity contribution in [1.29, 1.82) is 0 Å². The average molecular weight is 239 g/mol. The van der Waals surface area contributed by atoms with E-state index in [2.05, 4.69) is 5.32 Å². The predicted octanol–water partition coefficient (Wildman–Crippen LogP) is 3.47. The van der Waals surface area contributed by atoms with Crippen LogP contribution in [0.15, 0.2) is 18.2 Å². The third-order valence-electron chi connectivity index (χ3n) is 3.50. The summed E-state index contributed by atoms with van der Waals surface area (Å²) in [6, 6.07) is 5.47. The summed E-state index contributed by atoms with van der Waals surface area (Å²) in [6.45, 7) is 3.85. The van der Waals surface area contributed by atoms with E-state index in [4.69, 9.17) is 0 Å². The second-order valence-corrected chi connectivity index (χ2v) is 4.91. The summed E-state index contributed by atoms with van der Waals surface area (Å²) in [5, 5.41) is 3.36. The van der Waals surface area contributed by atoms with Crippen LogP contribution in [-0.2, 0) is 6.42 Å². The molecular weight excluding hydrogens is 220 g/mol. The van der Waals surface area contributed by atoms with Gasteiger partial charge in [0.05, 0.1) is 0 Å². The molecule has 1 N–H and O–H groups in total. The maximum Gasteiger partial charge on any atom is 0.264 e. The molecule has 1 fully saturated rings. The van der Waals surface area contributed by atoms with Crippen LogP contribution in [0.25, 0.3) is 0 Å². The molecule has 0 spiro atoms. The molecule has 1 unspecified atom stereocenters. The lowest BCUT2D eigenvalue weighted by Gasteiger charge is -2.23. The van der Waals surface area contributed by atoms with E-state index in [0.29, 0.717) is 11.5 Å². The van der Waals surface area contributed by atoms with Crippen molar-refractivity contribution in [3.63, 3.8) is 0 Å². The molecule has 1 aliphatic heterocycles. The first-order chi connectivity index (χ1) is 8.16. The maximum absolute atomic E-state index is 12.8. The summed E-state index contributed by atoms with van der Waals surface area (Å²) in [6.07, 6.45) is 0.940. The van der Waals surface area contributed by atoms with Crippen molar-refractivity contribution in [2.24, 2.45) is 5.92 Å². The Labute approximate surface area is 101 Å². The Hall–Kier alpha value is -0.960. The zero-order valence-corrected chi connectivity index (χ0v) is 10.2. The van der Waals surface area contributed by atoms with Gasteiger partial charge in [-0.2, -0.15) is 0 Å². The van der Waals surface area contributed by atoms with Crippen LogP contribution in [-0.4, -0.2) is 13.1 Å². The van der Waals surface area contributed by atoms with Gasteiger partial charge in [-0.25, -0.2) is 8.78 Å². The van der Waals surface area contributed by atoms with Crippen molar-refractivity contribution in [2.75, 3.05) is 13.1 Å². The molecule has 1 saturated heterocycles. The van der Waals surface area contributed by atoms with Gasteiger partial charge in [0, 0.05) is 5.56 Å². The molecule has 0 aromatic heterocycles. The van der Waals surface area contributed by atoms with Crippen LogP contribution in [0.4, 0.5) is 8.78 Å². The number of halogens is 2. The van der Waals surface area contributed by atoms with Crippen LogP contribution >= 0.6 is 0 Å². The molecule has 1 nitrogen and oxygen atoms in total. The molecule has 0 bridgehead atoms. The Balaban J connectivity index is 2.07. The standard InChI is InChI=1S/C14H19F2N/c1-10-4-5-11(8-13(10)14(15)16)7-12-3-2-6-17-9-12/h4-5,8,12,14,17H,2-3,6-7,9H2,1H3. The number of piperidine rings is 1. The lowest BCUT2D eigenvalue weighted by molar-refractivity contribution is 0.150. The Bertz CT molecular complexity index is 370. The van der Waals surface area contributed by atoms with Gasteiger partial charge in [-0.05, 0) is 62.4 Å². The van der Waals surface area contributed by atoms with Gasteiger partial charge in [0.15, 0.2) is 0 Å². The largest absolute Gasteiger partial charge is 0.316 e. The van der Waals surface area contributed by atoms with Crippen molar-refractivity contribution < 1.29 is 8.78 Å². The predicted molar refractivity (Wildman–Crippen MR) is 65.4 cm³/mol. The number of hydrogen-bond donors (Lipinski definition) is 1. The van der Waals surface area contributed by atoms with Gasteiger partial charge in [-0.3, -0.25) is 0 Å². The van der Waals surface area contributed by atoms with E-state index in [0.717, 1.165) is 25.1 Å². The maximum atomic E-state index is 12.8. The molecule has 0 aliphatic carbocycles. The molecule has 2 rings (SSSR count). The molecule has 0 amide bonds. The normalized spacial score (nSPS) is 20.8. The Morgan fingerprint density at radius 1 is 1.41 bits per heavy atom. The summed E-state index contributed by atoms with van der Waals surface area (Å²) in [4.78, 5) is 0. The van der Waals surface area contributed by atoms with Crippen molar-refractivity contribution >= 4 is 0 Å². The van der Waals surface area contributed by atoms with Gasteiger partial charge >= 0.3 is 0 Å². The fraction of sp³-hybridized carbons (Fsp3) is 0.571. The second-order valence-electron chi connectivity index (χ2n) is 4.91. The Morgan fingerprint density at radius 2 is 2.24 bits per heavy atom. The molecule has 3 heteroatoms. The van der Waals surface area contributed by atoms with E-state index >= 15 is 0 Å². The third kappa shape index (κ3) is 3.25. The minimum atomic E-state index is -2.36. The zero-order valence-electron chi connectivity index (χ0n) is 10.2. The first-order valence-corrected chi connectivity index (χ1v) is 6.25. The molecule has 94 valence electrons. The van der Waals surface area contributed by atoms with E-state index in [-0.39, 0.29) is 5.56 Å². The first-order valence-electron chi connectivity index (χ1n) is 6.25. The van der Waals surface area contributed by atoms with Crippen LogP contribution < -0.4 is 5.32 Å². The lowest BCUT2D eigenvalue weighted by atomic mass is 9.91. The molecular formula is C14H19F2N. The highest BCUT2D eigenvalue weighted by Crippen LogP contribution is 2.25. The molecule has 17 heavy (non-hydrogen) atoms. The number of hydrogen-bond acceptors (Lipinski definition) is 1. The molecule has 1 atom stereocenters. The molecule has 1 aliphatic rings. The van der Waals surface area contributed by atoms with Crippen LogP contribution in [0.1, 0.15) is 36.0 Å².